The van der Waals surface area contributed by atoms with E-state index in [1.54, 1.807) is 29.2 Å². The lowest BCUT2D eigenvalue weighted by Gasteiger charge is -2.37. The fourth-order valence-electron chi connectivity index (χ4n) is 10.8. The van der Waals surface area contributed by atoms with Crippen molar-refractivity contribution in [2.75, 3.05) is 65.4 Å². The minimum Gasteiger partial charge on any atom is -0.392 e. The van der Waals surface area contributed by atoms with Crippen LogP contribution < -0.4 is 0 Å². The van der Waals surface area contributed by atoms with Crippen LogP contribution in [0.2, 0.25) is 10.0 Å². The second-order valence-electron chi connectivity index (χ2n) is 20.0. The number of hydrogen-bond donors (Lipinski definition) is 4. The Morgan fingerprint density at radius 2 is 1.00 bits per heavy atom. The molecule has 4 fully saturated rings. The summed E-state index contributed by atoms with van der Waals surface area (Å²) in [5.41, 5.74) is 5.11. The number of amides is 2. The van der Waals surface area contributed by atoms with Crippen LogP contribution in [0.15, 0.2) is 91.0 Å². The lowest BCUT2D eigenvalue weighted by molar-refractivity contribution is -0.128. The zero-order valence-electron chi connectivity index (χ0n) is 40.8. The molecule has 17 heteroatoms. The van der Waals surface area contributed by atoms with E-state index in [1.165, 1.54) is 12.2 Å². The van der Waals surface area contributed by atoms with Gasteiger partial charge in [0.1, 0.15) is 11.6 Å². The number of nitrogens with zero attached hydrogens (tertiary/aromatic N) is 6. The van der Waals surface area contributed by atoms with Crippen LogP contribution in [0.5, 0.6) is 0 Å². The quantitative estimate of drug-likeness (QED) is 0.0701. The maximum atomic E-state index is 13.4. The van der Waals surface area contributed by atoms with Crippen molar-refractivity contribution < 1.29 is 33.0 Å². The molecule has 0 radical (unpaired) electrons. The summed E-state index contributed by atoms with van der Waals surface area (Å²) in [4.78, 5) is 49.8. The number of likely N-dealkylation sites (tertiary alicyclic amines) is 4. The standard InChI is InChI=1S/C28H32Cl2N4O2.C28H31F3N4O2/c29-22-7-5-19(17-23(22)30)6-8-27(36)34-15-11-20(12-16-34)26(35)18-33-13-9-21(10-14-33)28-31-24-3-1-2-4-25(24)32-28;29-21-15-18(16-22(30)27(21)31)5-6-26(37)35-13-9-19(10-14-35)25(36)17-34-11-7-20(8-12-34)28-32-23-3-1-2-4-24(23)33-28/h1-8,17,20-21,26,35H,9-16,18H2,(H,31,32);1-6,15-16,19-20,25,36H,7-14,17H2,(H,32,33)/b8-6+;6-5+. The van der Waals surface area contributed by atoms with E-state index >= 15 is 0 Å². The molecule has 4 aliphatic rings. The first kappa shape index (κ1) is 52.3. The summed E-state index contributed by atoms with van der Waals surface area (Å²) in [6.07, 6.45) is 12.2. The number of H-pyrrole nitrogens is 2. The highest BCUT2D eigenvalue weighted by atomic mass is 35.5. The number of hydrogen-bond acceptors (Lipinski definition) is 8. The number of para-hydroxylation sites is 4. The molecule has 0 spiro atoms. The van der Waals surface area contributed by atoms with Gasteiger partial charge in [-0.2, -0.15) is 0 Å². The third kappa shape index (κ3) is 13.4. The summed E-state index contributed by atoms with van der Waals surface area (Å²) < 4.78 is 39.8. The molecule has 0 saturated carbocycles. The topological polar surface area (TPSA) is 145 Å². The summed E-state index contributed by atoms with van der Waals surface area (Å²) in [5.74, 6) is -1.09. The Hall–Kier alpha value is -5.55. The van der Waals surface area contributed by atoms with Crippen molar-refractivity contribution >= 4 is 69.2 Å². The molecule has 2 unspecified atom stereocenters. The highest BCUT2D eigenvalue weighted by molar-refractivity contribution is 6.42. The van der Waals surface area contributed by atoms with Crippen LogP contribution in [0.4, 0.5) is 13.2 Å². The first-order valence-electron chi connectivity index (χ1n) is 25.6. The summed E-state index contributed by atoms with van der Waals surface area (Å²) in [6.45, 7) is 7.41. The minimum atomic E-state index is -1.53. The Morgan fingerprint density at radius 3 is 1.42 bits per heavy atom. The maximum Gasteiger partial charge on any atom is 0.246 e. The molecule has 0 bridgehead atoms. The third-order valence-corrected chi connectivity index (χ3v) is 16.0. The number of carbonyl (C=O) groups excluding carboxylic acids is 2. The second-order valence-corrected chi connectivity index (χ2v) is 20.8. The smallest absolute Gasteiger partial charge is 0.246 e. The van der Waals surface area contributed by atoms with E-state index in [-0.39, 0.29) is 35.3 Å². The van der Waals surface area contributed by atoms with Crippen LogP contribution in [0, 0.1) is 29.3 Å². The zero-order chi connectivity index (χ0) is 51.0. The average Bonchev–Trinajstić information content (AvgIpc) is 4.06. The number of imidazole rings is 2. The van der Waals surface area contributed by atoms with Crippen molar-refractivity contribution in [3.8, 4) is 0 Å². The van der Waals surface area contributed by atoms with Gasteiger partial charge in [-0.15, -0.1) is 0 Å². The lowest BCUT2D eigenvalue weighted by Crippen LogP contribution is -2.45. The van der Waals surface area contributed by atoms with Crippen LogP contribution in [0.25, 0.3) is 34.2 Å². The van der Waals surface area contributed by atoms with Gasteiger partial charge in [-0.05, 0) is 161 Å². The van der Waals surface area contributed by atoms with Crippen molar-refractivity contribution in [1.82, 2.24) is 39.5 Å². The molecule has 386 valence electrons. The van der Waals surface area contributed by atoms with Gasteiger partial charge >= 0.3 is 0 Å². The predicted molar refractivity (Wildman–Crippen MR) is 280 cm³/mol. The number of piperidine rings is 4. The van der Waals surface area contributed by atoms with E-state index in [2.05, 4.69) is 25.8 Å². The number of β-amino-alcohol motifs (C(OH)–C–C–N with tert-alkyl or cyclic N) is 2. The molecule has 10 rings (SSSR count). The van der Waals surface area contributed by atoms with Gasteiger partial charge in [0, 0.05) is 63.3 Å². The monoisotopic (exact) mass is 1040 g/mol. The van der Waals surface area contributed by atoms with E-state index in [9.17, 15) is 33.0 Å². The van der Waals surface area contributed by atoms with E-state index in [1.807, 2.05) is 53.4 Å². The number of benzene rings is 4. The zero-order valence-corrected chi connectivity index (χ0v) is 42.3. The van der Waals surface area contributed by atoms with Crippen LogP contribution in [-0.4, -0.2) is 139 Å². The number of carbonyl (C=O) groups is 2. The number of aromatic nitrogens is 4. The summed E-state index contributed by atoms with van der Waals surface area (Å²) in [7, 11) is 0. The van der Waals surface area contributed by atoms with Gasteiger partial charge < -0.3 is 39.8 Å². The molecular weight excluding hydrogens is 977 g/mol. The molecule has 73 heavy (non-hydrogen) atoms. The number of aliphatic hydroxyl groups excluding tert-OH is 2. The van der Waals surface area contributed by atoms with Crippen LogP contribution in [-0.2, 0) is 9.59 Å². The van der Waals surface area contributed by atoms with Crippen molar-refractivity contribution in [3.63, 3.8) is 0 Å². The lowest BCUT2D eigenvalue weighted by atomic mass is 9.89. The molecule has 4 aliphatic heterocycles. The minimum absolute atomic E-state index is 0.0123. The molecule has 12 nitrogen and oxygen atoms in total. The van der Waals surface area contributed by atoms with Crippen molar-refractivity contribution in [3.05, 3.63) is 141 Å². The van der Waals surface area contributed by atoms with Gasteiger partial charge in [-0.1, -0.05) is 53.5 Å². The van der Waals surface area contributed by atoms with E-state index in [4.69, 9.17) is 33.2 Å². The second kappa shape index (κ2) is 24.2. The number of aliphatic hydroxyl groups is 2. The fraction of sp³-hybridized carbons (Fsp3) is 0.429. The van der Waals surface area contributed by atoms with Crippen molar-refractivity contribution in [2.24, 2.45) is 11.8 Å². The molecule has 2 amide bonds. The molecular formula is C56H63Cl2F3N8O4. The first-order valence-corrected chi connectivity index (χ1v) is 26.3. The Kier molecular flexibility index (Phi) is 17.3. The molecule has 0 aliphatic carbocycles. The summed E-state index contributed by atoms with van der Waals surface area (Å²) >= 11 is 12.0. The van der Waals surface area contributed by atoms with E-state index in [0.717, 1.165) is 116 Å². The summed E-state index contributed by atoms with van der Waals surface area (Å²) in [5, 5.41) is 22.8. The highest BCUT2D eigenvalue weighted by Crippen LogP contribution is 2.32. The number of halogens is 5. The van der Waals surface area contributed by atoms with Gasteiger partial charge in [-0.3, -0.25) is 9.59 Å². The van der Waals surface area contributed by atoms with Crippen molar-refractivity contribution in [1.29, 1.82) is 0 Å². The van der Waals surface area contributed by atoms with Gasteiger partial charge in [0.15, 0.2) is 17.5 Å². The number of fused-ring (bicyclic) bond motifs is 2. The van der Waals surface area contributed by atoms with Crippen molar-refractivity contribution in [2.45, 2.75) is 75.4 Å². The molecule has 6 heterocycles. The van der Waals surface area contributed by atoms with Gasteiger partial charge in [0.25, 0.3) is 0 Å². The summed E-state index contributed by atoms with van der Waals surface area (Å²) in [6, 6.07) is 23.2. The normalized spacial score (nSPS) is 19.3. The predicted octanol–water partition coefficient (Wildman–Crippen LogP) is 9.83. The van der Waals surface area contributed by atoms with Gasteiger partial charge in [-0.25, -0.2) is 23.1 Å². The fourth-order valence-corrected chi connectivity index (χ4v) is 11.1. The molecule has 4 N–H and O–H groups in total. The molecule has 4 aromatic carbocycles. The van der Waals surface area contributed by atoms with Crippen LogP contribution in [0.3, 0.4) is 0 Å². The Labute approximate surface area is 433 Å². The van der Waals surface area contributed by atoms with E-state index in [0.29, 0.717) is 74.0 Å². The van der Waals surface area contributed by atoms with Gasteiger partial charge in [0.05, 0.1) is 44.3 Å². The Balaban J connectivity index is 0.000000180. The maximum absolute atomic E-state index is 13.4. The Morgan fingerprint density at radius 1 is 0.575 bits per heavy atom. The SMILES string of the molecule is O=C(/C=C/c1cc(F)c(F)c(F)c1)N1CCC(C(O)CN2CCC(c3nc4ccccc4[nH]3)CC2)CC1.O=C(/C=C/c1ccc(Cl)c(Cl)c1)N1CCC(C(O)CN2CCC(c3nc4ccccc4[nH]3)CC2)CC1. The van der Waals surface area contributed by atoms with Crippen LogP contribution >= 0.6 is 23.2 Å². The molecule has 6 aromatic rings. The van der Waals surface area contributed by atoms with Gasteiger partial charge in [0.2, 0.25) is 11.8 Å². The molecule has 4 saturated heterocycles. The number of rotatable bonds is 12. The first-order chi connectivity index (χ1) is 35.3. The van der Waals surface area contributed by atoms with Crippen LogP contribution in [0.1, 0.15) is 86.0 Å². The number of aromatic amines is 2. The average molecular weight is 1040 g/mol. The van der Waals surface area contributed by atoms with E-state index < -0.39 is 23.6 Å². The highest BCUT2D eigenvalue weighted by Gasteiger charge is 2.32. The Bertz CT molecular complexity index is 2810. The molecule has 2 atom stereocenters. The number of nitrogens with one attached hydrogen (secondary N) is 2. The third-order valence-electron chi connectivity index (χ3n) is 15.2. The molecule has 2 aromatic heterocycles. The largest absolute Gasteiger partial charge is 0.392 e.